The fourth-order valence-corrected chi connectivity index (χ4v) is 4.59. The summed E-state index contributed by atoms with van der Waals surface area (Å²) in [4.78, 5) is 12.7. The molecule has 2 nitrogen and oxygen atoms in total. The van der Waals surface area contributed by atoms with E-state index in [1.165, 1.54) is 44.7 Å². The van der Waals surface area contributed by atoms with Crippen molar-refractivity contribution in [3.8, 4) is 21.6 Å². The van der Waals surface area contributed by atoms with Gasteiger partial charge in [0.1, 0.15) is 4.88 Å². The smallest absolute Gasteiger partial charge is 0.345 e. The molecule has 0 aliphatic rings. The first-order valence-corrected chi connectivity index (χ1v) is 10.9. The quantitative estimate of drug-likeness (QED) is 0.468. The third-order valence-electron chi connectivity index (χ3n) is 5.32. The van der Waals surface area contributed by atoms with Gasteiger partial charge in [-0.3, -0.25) is 0 Å². The van der Waals surface area contributed by atoms with Crippen LogP contribution in [0.5, 0.6) is 0 Å². The van der Waals surface area contributed by atoms with Crippen LogP contribution >= 0.6 is 11.3 Å². The topological polar surface area (TPSA) is 37.3 Å². The molecular weight excluding hydrogens is 364 g/mol. The summed E-state index contributed by atoms with van der Waals surface area (Å²) in [6, 6.07) is 15.1. The largest absolute Gasteiger partial charge is 0.477 e. The normalized spacial score (nSPS) is 11.0. The van der Waals surface area contributed by atoms with Gasteiger partial charge in [-0.2, -0.15) is 0 Å². The summed E-state index contributed by atoms with van der Waals surface area (Å²) in [6.45, 7) is 8.81. The van der Waals surface area contributed by atoms with Crippen LogP contribution in [-0.2, 0) is 25.7 Å². The average molecular weight is 393 g/mol. The molecular formula is C25H28O2S. The molecule has 0 unspecified atom stereocenters. The van der Waals surface area contributed by atoms with E-state index in [2.05, 4.69) is 58.0 Å². The number of hydrogen-bond acceptors (Lipinski definition) is 2. The van der Waals surface area contributed by atoms with Gasteiger partial charge in [-0.25, -0.2) is 4.79 Å². The minimum absolute atomic E-state index is 0.387. The van der Waals surface area contributed by atoms with Crippen molar-refractivity contribution >= 4 is 17.3 Å². The molecule has 3 rings (SSSR count). The highest BCUT2D eigenvalue weighted by atomic mass is 32.1. The number of carboxylic acid groups (broad SMARTS) is 1. The van der Waals surface area contributed by atoms with Crippen molar-refractivity contribution in [2.45, 2.75) is 53.4 Å². The highest BCUT2D eigenvalue weighted by Crippen LogP contribution is 2.37. The fourth-order valence-electron chi connectivity index (χ4n) is 3.76. The van der Waals surface area contributed by atoms with E-state index >= 15 is 0 Å². The molecule has 1 N–H and O–H groups in total. The van der Waals surface area contributed by atoms with Crippen LogP contribution in [0.15, 0.2) is 42.5 Å². The first-order valence-electron chi connectivity index (χ1n) is 10.1. The van der Waals surface area contributed by atoms with Gasteiger partial charge in [-0.15, -0.1) is 11.3 Å². The molecule has 1 aromatic heterocycles. The van der Waals surface area contributed by atoms with Crippen LogP contribution in [0.25, 0.3) is 21.6 Å². The van der Waals surface area contributed by atoms with Crippen LogP contribution in [0.3, 0.4) is 0 Å². The molecule has 1 heterocycles. The number of benzene rings is 2. The van der Waals surface area contributed by atoms with E-state index in [4.69, 9.17) is 0 Å². The number of thiophene rings is 1. The molecule has 3 aromatic rings. The van der Waals surface area contributed by atoms with E-state index in [9.17, 15) is 9.90 Å². The van der Waals surface area contributed by atoms with E-state index in [-0.39, 0.29) is 0 Å². The average Bonchev–Trinajstić information content (AvgIpc) is 3.22. The van der Waals surface area contributed by atoms with E-state index in [1.54, 1.807) is 6.07 Å². The second kappa shape index (κ2) is 8.74. The van der Waals surface area contributed by atoms with Gasteiger partial charge in [0.2, 0.25) is 0 Å². The van der Waals surface area contributed by atoms with E-state index in [0.29, 0.717) is 4.88 Å². The lowest BCUT2D eigenvalue weighted by Crippen LogP contribution is -1.98. The van der Waals surface area contributed by atoms with E-state index in [1.807, 2.05) is 6.07 Å². The molecule has 2 aromatic carbocycles. The summed E-state index contributed by atoms with van der Waals surface area (Å²) in [5.41, 5.74) is 9.21. The van der Waals surface area contributed by atoms with E-state index < -0.39 is 5.97 Å². The minimum Gasteiger partial charge on any atom is -0.477 e. The summed E-state index contributed by atoms with van der Waals surface area (Å²) in [5, 5.41) is 9.25. The minimum atomic E-state index is -0.859. The van der Waals surface area contributed by atoms with Crippen LogP contribution in [0.4, 0.5) is 0 Å². The highest BCUT2D eigenvalue weighted by Gasteiger charge is 2.15. The Balaban J connectivity index is 2.18. The van der Waals surface area contributed by atoms with Gasteiger partial charge in [0.15, 0.2) is 0 Å². The zero-order valence-corrected chi connectivity index (χ0v) is 18.0. The molecule has 0 aliphatic heterocycles. The number of hydrogen-bond donors (Lipinski definition) is 1. The number of aryl methyl sites for hydroxylation is 4. The van der Waals surface area contributed by atoms with Gasteiger partial charge < -0.3 is 5.11 Å². The Morgan fingerprint density at radius 1 is 0.786 bits per heavy atom. The van der Waals surface area contributed by atoms with Crippen molar-refractivity contribution in [1.82, 2.24) is 0 Å². The van der Waals surface area contributed by atoms with Crippen molar-refractivity contribution in [3.05, 3.63) is 69.6 Å². The first kappa shape index (κ1) is 20.3. The third kappa shape index (κ3) is 4.05. The van der Waals surface area contributed by atoms with Crippen LogP contribution in [0.2, 0.25) is 0 Å². The summed E-state index contributed by atoms with van der Waals surface area (Å²) in [7, 11) is 0. The Kier molecular flexibility index (Phi) is 6.35. The predicted octanol–water partition coefficient (Wildman–Crippen LogP) is 7.03. The molecule has 3 heteroatoms. The zero-order chi connectivity index (χ0) is 20.3. The van der Waals surface area contributed by atoms with E-state index in [0.717, 1.165) is 36.1 Å². The maximum atomic E-state index is 11.3. The maximum Gasteiger partial charge on any atom is 0.345 e. The second-order valence-electron chi connectivity index (χ2n) is 7.09. The van der Waals surface area contributed by atoms with Gasteiger partial charge in [-0.05, 0) is 88.9 Å². The Morgan fingerprint density at radius 3 is 1.79 bits per heavy atom. The number of rotatable bonds is 7. The molecule has 146 valence electrons. The number of aromatic carboxylic acids is 1. The summed E-state index contributed by atoms with van der Waals surface area (Å²) in [5.74, 6) is -0.859. The van der Waals surface area contributed by atoms with Crippen molar-refractivity contribution < 1.29 is 9.90 Å². The Bertz CT molecular complexity index is 950. The van der Waals surface area contributed by atoms with Crippen molar-refractivity contribution in [2.24, 2.45) is 0 Å². The third-order valence-corrected chi connectivity index (χ3v) is 6.44. The molecule has 0 aliphatic carbocycles. The van der Waals surface area contributed by atoms with Crippen molar-refractivity contribution in [1.29, 1.82) is 0 Å². The molecule has 28 heavy (non-hydrogen) atoms. The lowest BCUT2D eigenvalue weighted by molar-refractivity contribution is 0.0702. The molecule has 0 radical (unpaired) electrons. The highest BCUT2D eigenvalue weighted by molar-refractivity contribution is 7.17. The molecule has 0 saturated heterocycles. The molecule has 0 bridgehead atoms. The Morgan fingerprint density at radius 2 is 1.36 bits per heavy atom. The molecule has 0 fully saturated rings. The fraction of sp³-hybridized carbons (Fsp3) is 0.320. The van der Waals surface area contributed by atoms with Crippen molar-refractivity contribution in [3.63, 3.8) is 0 Å². The molecule has 0 spiro atoms. The number of carbonyl (C=O) groups is 1. The molecule has 0 atom stereocenters. The van der Waals surface area contributed by atoms with Crippen LogP contribution in [0, 0.1) is 0 Å². The summed E-state index contributed by atoms with van der Waals surface area (Å²) >= 11 is 1.35. The van der Waals surface area contributed by atoms with Gasteiger partial charge in [0, 0.05) is 4.88 Å². The SMILES string of the molecule is CCc1cc(CC)cc(-c2c(CC)cc(-c3ccc(C(=O)O)s3)cc2CC)c1. The monoisotopic (exact) mass is 392 g/mol. The van der Waals surface area contributed by atoms with Gasteiger partial charge in [0.05, 0.1) is 0 Å². The van der Waals surface area contributed by atoms with Crippen LogP contribution < -0.4 is 0 Å². The van der Waals surface area contributed by atoms with Crippen LogP contribution in [-0.4, -0.2) is 11.1 Å². The summed E-state index contributed by atoms with van der Waals surface area (Å²) < 4.78 is 0. The number of carboxylic acids is 1. The molecule has 0 saturated carbocycles. The zero-order valence-electron chi connectivity index (χ0n) is 17.1. The van der Waals surface area contributed by atoms with Gasteiger partial charge in [-0.1, -0.05) is 45.9 Å². The van der Waals surface area contributed by atoms with Crippen molar-refractivity contribution in [2.75, 3.05) is 0 Å². The lowest BCUT2D eigenvalue weighted by atomic mass is 9.87. The maximum absolute atomic E-state index is 11.3. The second-order valence-corrected chi connectivity index (χ2v) is 8.17. The first-order chi connectivity index (χ1) is 13.5. The lowest BCUT2D eigenvalue weighted by Gasteiger charge is -2.18. The molecule has 0 amide bonds. The Labute approximate surface area is 171 Å². The summed E-state index contributed by atoms with van der Waals surface area (Å²) in [6.07, 6.45) is 3.97. The van der Waals surface area contributed by atoms with Crippen LogP contribution in [0.1, 0.15) is 59.6 Å². The van der Waals surface area contributed by atoms with Gasteiger partial charge in [0.25, 0.3) is 0 Å². The Hall–Kier alpha value is -2.39. The van der Waals surface area contributed by atoms with Gasteiger partial charge >= 0.3 is 5.97 Å². The predicted molar refractivity (Wildman–Crippen MR) is 120 cm³/mol. The standard InChI is InChI=1S/C25H28O2S/c1-5-16-11-17(6-2)13-21(12-16)24-18(7-3)14-20(15-19(24)8-4)22-9-10-23(28-22)25(26)27/h9-15H,5-8H2,1-4H3,(H,26,27).